The van der Waals surface area contributed by atoms with E-state index < -0.39 is 0 Å². The molecule has 1 unspecified atom stereocenters. The highest BCUT2D eigenvalue weighted by molar-refractivity contribution is 5.76. The summed E-state index contributed by atoms with van der Waals surface area (Å²) in [5, 5.41) is 8.74. The summed E-state index contributed by atoms with van der Waals surface area (Å²) >= 11 is 0. The number of hydrogen-bond acceptors (Lipinski definition) is 3. The van der Waals surface area contributed by atoms with Crippen LogP contribution in [0.25, 0.3) is 0 Å². The van der Waals surface area contributed by atoms with Crippen molar-refractivity contribution in [3.8, 4) is 5.75 Å². The molecule has 1 rings (SSSR count). The molecule has 4 heteroatoms. The predicted octanol–water partition coefficient (Wildman–Crippen LogP) is 1.99. The summed E-state index contributed by atoms with van der Waals surface area (Å²) < 4.78 is 5.30. The number of aliphatic hydroxyl groups excluding tert-OH is 1. The Kier molecular flexibility index (Phi) is 5.65. The Morgan fingerprint density at radius 1 is 1.44 bits per heavy atom. The van der Waals surface area contributed by atoms with Crippen molar-refractivity contribution in [1.82, 2.24) is 4.90 Å². The Balaban J connectivity index is 2.79. The van der Waals surface area contributed by atoms with Gasteiger partial charge in [0.25, 0.3) is 0 Å². The van der Waals surface area contributed by atoms with Gasteiger partial charge in [0.2, 0.25) is 5.91 Å². The van der Waals surface area contributed by atoms with Gasteiger partial charge in [-0.15, -0.1) is 0 Å². The molecular weight excluding hydrogens is 230 g/mol. The van der Waals surface area contributed by atoms with Crippen LogP contribution in [0.2, 0.25) is 0 Å². The van der Waals surface area contributed by atoms with Crippen molar-refractivity contribution in [2.45, 2.75) is 25.8 Å². The molecule has 18 heavy (non-hydrogen) atoms. The molecule has 0 aliphatic heterocycles. The van der Waals surface area contributed by atoms with Gasteiger partial charge in [0.05, 0.1) is 13.2 Å². The van der Waals surface area contributed by atoms with Gasteiger partial charge in [-0.3, -0.25) is 4.79 Å². The second-order valence-corrected chi connectivity index (χ2v) is 4.25. The molecule has 0 saturated carbocycles. The molecule has 1 aromatic rings. The van der Waals surface area contributed by atoms with Crippen LogP contribution in [0.3, 0.4) is 0 Å². The average Bonchev–Trinajstić information content (AvgIpc) is 2.42. The molecule has 0 heterocycles. The van der Waals surface area contributed by atoms with Gasteiger partial charge in [-0.1, -0.05) is 18.2 Å². The van der Waals surface area contributed by atoms with Crippen molar-refractivity contribution in [2.75, 3.05) is 20.8 Å². The zero-order valence-corrected chi connectivity index (χ0v) is 11.2. The van der Waals surface area contributed by atoms with Crippen LogP contribution < -0.4 is 4.74 Å². The highest BCUT2D eigenvalue weighted by Gasteiger charge is 2.19. The quantitative estimate of drug-likeness (QED) is 0.841. The highest BCUT2D eigenvalue weighted by atomic mass is 16.5. The van der Waals surface area contributed by atoms with Crippen LogP contribution >= 0.6 is 0 Å². The number of para-hydroxylation sites is 1. The van der Waals surface area contributed by atoms with Gasteiger partial charge >= 0.3 is 0 Å². The number of methoxy groups -OCH3 is 1. The summed E-state index contributed by atoms with van der Waals surface area (Å²) in [4.78, 5) is 13.6. The monoisotopic (exact) mass is 251 g/mol. The van der Waals surface area contributed by atoms with Crippen molar-refractivity contribution < 1.29 is 14.6 Å². The number of benzene rings is 1. The van der Waals surface area contributed by atoms with E-state index in [1.54, 1.807) is 19.1 Å². The molecule has 1 aromatic carbocycles. The van der Waals surface area contributed by atoms with Crippen LogP contribution in [0.15, 0.2) is 24.3 Å². The Bertz CT molecular complexity index is 392. The number of nitrogens with zero attached hydrogens (tertiary/aromatic N) is 1. The van der Waals surface area contributed by atoms with Crippen LogP contribution in [-0.4, -0.2) is 36.7 Å². The lowest BCUT2D eigenvalue weighted by atomic mass is 10.1. The number of hydrogen-bond donors (Lipinski definition) is 1. The first-order valence-electron chi connectivity index (χ1n) is 6.11. The molecule has 1 amide bonds. The fourth-order valence-electron chi connectivity index (χ4n) is 1.84. The van der Waals surface area contributed by atoms with Gasteiger partial charge in [0, 0.05) is 25.6 Å². The third-order valence-corrected chi connectivity index (χ3v) is 3.11. The Labute approximate surface area is 108 Å². The molecule has 0 spiro atoms. The first-order chi connectivity index (χ1) is 8.61. The fourth-order valence-corrected chi connectivity index (χ4v) is 1.84. The van der Waals surface area contributed by atoms with Crippen LogP contribution in [0, 0.1) is 0 Å². The smallest absolute Gasteiger partial charge is 0.222 e. The van der Waals surface area contributed by atoms with E-state index in [4.69, 9.17) is 9.84 Å². The molecule has 1 N–H and O–H groups in total. The van der Waals surface area contributed by atoms with Crippen molar-refractivity contribution in [2.24, 2.45) is 0 Å². The third-order valence-electron chi connectivity index (χ3n) is 3.11. The maximum absolute atomic E-state index is 11.9. The molecule has 0 aromatic heterocycles. The highest BCUT2D eigenvalue weighted by Crippen LogP contribution is 2.28. The lowest BCUT2D eigenvalue weighted by Gasteiger charge is -2.26. The van der Waals surface area contributed by atoms with Crippen molar-refractivity contribution in [3.63, 3.8) is 0 Å². The summed E-state index contributed by atoms with van der Waals surface area (Å²) in [5.41, 5.74) is 0.986. The predicted molar refractivity (Wildman–Crippen MR) is 70.5 cm³/mol. The normalized spacial score (nSPS) is 12.0. The zero-order valence-electron chi connectivity index (χ0n) is 11.2. The number of carbonyl (C=O) groups excluding carboxylic acids is 1. The topological polar surface area (TPSA) is 49.8 Å². The van der Waals surface area contributed by atoms with Gasteiger partial charge < -0.3 is 14.7 Å². The third kappa shape index (κ3) is 3.47. The van der Waals surface area contributed by atoms with Gasteiger partial charge in [0.1, 0.15) is 5.75 Å². The zero-order chi connectivity index (χ0) is 13.5. The average molecular weight is 251 g/mol. The molecule has 0 saturated heterocycles. The standard InChI is InChI=1S/C14H21NO3/c1-11(15(2)14(17)9-6-10-16)12-7-4-5-8-13(12)18-3/h4-5,7-8,11,16H,6,9-10H2,1-3H3. The first kappa shape index (κ1) is 14.5. The maximum atomic E-state index is 11.9. The van der Waals surface area contributed by atoms with E-state index in [-0.39, 0.29) is 18.6 Å². The number of carbonyl (C=O) groups is 1. The van der Waals surface area contributed by atoms with Crippen molar-refractivity contribution in [1.29, 1.82) is 0 Å². The van der Waals surface area contributed by atoms with Crippen LogP contribution in [-0.2, 0) is 4.79 Å². The summed E-state index contributed by atoms with van der Waals surface area (Å²) in [5.74, 6) is 0.814. The Hall–Kier alpha value is -1.55. The van der Waals surface area contributed by atoms with Gasteiger partial charge in [-0.2, -0.15) is 0 Å². The summed E-state index contributed by atoms with van der Waals surface area (Å²) in [6.45, 7) is 2.01. The Morgan fingerprint density at radius 3 is 2.72 bits per heavy atom. The molecule has 0 aliphatic carbocycles. The van der Waals surface area contributed by atoms with E-state index in [1.807, 2.05) is 31.2 Å². The van der Waals surface area contributed by atoms with Gasteiger partial charge in [-0.05, 0) is 19.4 Å². The lowest BCUT2D eigenvalue weighted by molar-refractivity contribution is -0.132. The fraction of sp³-hybridized carbons (Fsp3) is 0.500. The van der Waals surface area contributed by atoms with Gasteiger partial charge in [-0.25, -0.2) is 0 Å². The van der Waals surface area contributed by atoms with Crippen LogP contribution in [0.4, 0.5) is 0 Å². The second kappa shape index (κ2) is 7.01. The molecule has 0 radical (unpaired) electrons. The minimum absolute atomic E-state index is 0.0301. The molecule has 1 atom stereocenters. The molecule has 100 valence electrons. The van der Waals surface area contributed by atoms with E-state index in [0.717, 1.165) is 11.3 Å². The van der Waals surface area contributed by atoms with Gasteiger partial charge in [0.15, 0.2) is 0 Å². The van der Waals surface area contributed by atoms with E-state index in [9.17, 15) is 4.79 Å². The minimum Gasteiger partial charge on any atom is -0.496 e. The van der Waals surface area contributed by atoms with E-state index in [2.05, 4.69) is 0 Å². The van der Waals surface area contributed by atoms with Crippen molar-refractivity contribution >= 4 is 5.91 Å². The van der Waals surface area contributed by atoms with E-state index >= 15 is 0 Å². The largest absolute Gasteiger partial charge is 0.496 e. The summed E-state index contributed by atoms with van der Waals surface area (Å²) in [6, 6.07) is 7.63. The maximum Gasteiger partial charge on any atom is 0.222 e. The molecular formula is C14H21NO3. The molecule has 0 aliphatic rings. The number of ether oxygens (including phenoxy) is 1. The summed E-state index contributed by atoms with van der Waals surface area (Å²) in [6.07, 6.45) is 0.869. The second-order valence-electron chi connectivity index (χ2n) is 4.25. The number of aliphatic hydroxyl groups is 1. The van der Waals surface area contributed by atoms with Crippen LogP contribution in [0.1, 0.15) is 31.4 Å². The molecule has 0 bridgehead atoms. The Morgan fingerprint density at radius 2 is 2.11 bits per heavy atom. The van der Waals surface area contributed by atoms with E-state index in [0.29, 0.717) is 12.8 Å². The minimum atomic E-state index is -0.0488. The number of rotatable bonds is 6. The first-order valence-corrected chi connectivity index (χ1v) is 6.11. The van der Waals surface area contributed by atoms with Crippen molar-refractivity contribution in [3.05, 3.63) is 29.8 Å². The van der Waals surface area contributed by atoms with E-state index in [1.165, 1.54) is 0 Å². The molecule has 4 nitrogen and oxygen atoms in total. The summed E-state index contributed by atoms with van der Waals surface area (Å²) in [7, 11) is 3.40. The lowest BCUT2D eigenvalue weighted by Crippen LogP contribution is -2.29. The van der Waals surface area contributed by atoms with Crippen LogP contribution in [0.5, 0.6) is 5.75 Å². The molecule has 0 fully saturated rings. The number of amides is 1. The SMILES string of the molecule is COc1ccccc1C(C)N(C)C(=O)CCCO.